The molecule has 3 N–H and O–H groups in total. The van der Waals surface area contributed by atoms with Gasteiger partial charge in [0.1, 0.15) is 6.04 Å². The molecule has 1 aromatic carbocycles. The van der Waals surface area contributed by atoms with Crippen LogP contribution in [0.1, 0.15) is 24.8 Å². The number of hydrogen-bond acceptors (Lipinski definition) is 3. The van der Waals surface area contributed by atoms with Crippen molar-refractivity contribution >= 4 is 11.6 Å². The largest absolute Gasteiger partial charge is 0.360 e. The number of rotatable bonds is 3. The molecular weight excluding hydrogens is 226 g/mol. The van der Waals surface area contributed by atoms with Crippen molar-refractivity contribution in [3.8, 4) is 0 Å². The van der Waals surface area contributed by atoms with Gasteiger partial charge >= 0.3 is 0 Å². The van der Waals surface area contributed by atoms with Gasteiger partial charge in [-0.2, -0.15) is 0 Å². The Balaban J connectivity index is 2.19. The topological polar surface area (TPSA) is 58.4 Å². The minimum Gasteiger partial charge on any atom is -0.360 e. The maximum absolute atomic E-state index is 11.9. The van der Waals surface area contributed by atoms with E-state index in [-0.39, 0.29) is 11.9 Å². The number of carbonyl (C=O) groups excluding carboxylic acids is 1. The van der Waals surface area contributed by atoms with Crippen LogP contribution < -0.4 is 16.0 Å². The van der Waals surface area contributed by atoms with Crippen LogP contribution in [0.5, 0.6) is 0 Å². The maximum Gasteiger partial charge on any atom is 0.242 e. The molecule has 2 rings (SSSR count). The molecule has 0 aliphatic carbocycles. The average Bonchev–Trinajstić information content (AvgIpc) is 2.46. The van der Waals surface area contributed by atoms with Crippen LogP contribution in [0.3, 0.4) is 0 Å². The molecule has 0 bridgehead atoms. The highest BCUT2D eigenvalue weighted by atomic mass is 16.2. The third kappa shape index (κ3) is 2.64. The molecule has 1 aliphatic heterocycles. The first-order valence-corrected chi connectivity index (χ1v) is 6.53. The lowest BCUT2D eigenvalue weighted by Gasteiger charge is -2.36. The Bertz CT molecular complexity index is 402. The molecule has 1 aliphatic rings. The minimum absolute atomic E-state index is 0.0347. The zero-order chi connectivity index (χ0) is 13.0. The van der Waals surface area contributed by atoms with E-state index in [0.29, 0.717) is 6.54 Å². The Hall–Kier alpha value is -1.55. The van der Waals surface area contributed by atoms with Crippen LogP contribution in [0.15, 0.2) is 24.3 Å². The van der Waals surface area contributed by atoms with E-state index in [9.17, 15) is 4.79 Å². The smallest absolute Gasteiger partial charge is 0.242 e. The Labute approximate surface area is 108 Å². The lowest BCUT2D eigenvalue weighted by molar-refractivity contribution is -0.122. The van der Waals surface area contributed by atoms with Crippen LogP contribution in [0.2, 0.25) is 0 Å². The van der Waals surface area contributed by atoms with Crippen molar-refractivity contribution in [3.63, 3.8) is 0 Å². The van der Waals surface area contributed by atoms with E-state index in [1.165, 1.54) is 0 Å². The molecule has 0 spiro atoms. The van der Waals surface area contributed by atoms with Gasteiger partial charge in [-0.05, 0) is 37.0 Å². The summed E-state index contributed by atoms with van der Waals surface area (Å²) in [6, 6.07) is 8.15. The van der Waals surface area contributed by atoms with E-state index in [2.05, 4.69) is 22.3 Å². The number of nitrogens with two attached hydrogens (primary N) is 1. The fourth-order valence-corrected chi connectivity index (χ4v) is 2.50. The second kappa shape index (κ2) is 5.87. The monoisotopic (exact) mass is 247 g/mol. The van der Waals surface area contributed by atoms with Gasteiger partial charge in [0.15, 0.2) is 0 Å². The summed E-state index contributed by atoms with van der Waals surface area (Å²) in [6.45, 7) is 1.50. The summed E-state index contributed by atoms with van der Waals surface area (Å²) in [4.78, 5) is 14.1. The average molecular weight is 247 g/mol. The Kier molecular flexibility index (Phi) is 4.20. The molecule has 4 heteroatoms. The molecule has 1 atom stereocenters. The number of nitrogens with one attached hydrogen (secondary N) is 1. The van der Waals surface area contributed by atoms with Crippen LogP contribution >= 0.6 is 0 Å². The number of nitrogens with zero attached hydrogens (tertiary/aromatic N) is 1. The van der Waals surface area contributed by atoms with Gasteiger partial charge in [0.25, 0.3) is 0 Å². The summed E-state index contributed by atoms with van der Waals surface area (Å²) in [5.74, 6) is 0.109. The highest BCUT2D eigenvalue weighted by Gasteiger charge is 2.27. The van der Waals surface area contributed by atoms with Gasteiger partial charge in [0, 0.05) is 25.8 Å². The first kappa shape index (κ1) is 12.9. The van der Waals surface area contributed by atoms with E-state index in [1.54, 1.807) is 7.05 Å². The Morgan fingerprint density at radius 2 is 2.11 bits per heavy atom. The first-order chi connectivity index (χ1) is 8.76. The van der Waals surface area contributed by atoms with Crippen LogP contribution in [0.25, 0.3) is 0 Å². The summed E-state index contributed by atoms with van der Waals surface area (Å²) in [7, 11) is 1.70. The van der Waals surface area contributed by atoms with Crippen molar-refractivity contribution < 1.29 is 4.79 Å². The Morgan fingerprint density at radius 1 is 1.39 bits per heavy atom. The molecular formula is C14H21N3O. The number of benzene rings is 1. The molecule has 1 aromatic rings. The number of anilines is 1. The first-order valence-electron chi connectivity index (χ1n) is 6.53. The zero-order valence-electron chi connectivity index (χ0n) is 10.9. The van der Waals surface area contributed by atoms with Gasteiger partial charge in [-0.25, -0.2) is 0 Å². The van der Waals surface area contributed by atoms with Crippen LogP contribution in [0, 0.1) is 0 Å². The SMILES string of the molecule is CNC(=O)C1CCCCN1c1ccc(CN)cc1. The third-order valence-electron chi connectivity index (χ3n) is 3.56. The van der Waals surface area contributed by atoms with E-state index < -0.39 is 0 Å². The quantitative estimate of drug-likeness (QED) is 0.845. The number of carbonyl (C=O) groups is 1. The van der Waals surface area contributed by atoms with Crippen molar-refractivity contribution in [2.45, 2.75) is 31.8 Å². The number of hydrogen-bond donors (Lipinski definition) is 2. The molecule has 0 aromatic heterocycles. The second-order valence-corrected chi connectivity index (χ2v) is 4.69. The minimum atomic E-state index is -0.0347. The van der Waals surface area contributed by atoms with Gasteiger partial charge < -0.3 is 16.0 Å². The molecule has 0 saturated carbocycles. The van der Waals surface area contributed by atoms with E-state index in [0.717, 1.165) is 37.1 Å². The van der Waals surface area contributed by atoms with Crippen molar-refractivity contribution in [2.75, 3.05) is 18.5 Å². The molecule has 1 amide bonds. The molecule has 0 radical (unpaired) electrons. The number of likely N-dealkylation sites (N-methyl/N-ethyl adjacent to an activating group) is 1. The van der Waals surface area contributed by atoms with Crippen molar-refractivity contribution in [3.05, 3.63) is 29.8 Å². The zero-order valence-corrected chi connectivity index (χ0v) is 10.9. The highest BCUT2D eigenvalue weighted by molar-refractivity contribution is 5.85. The predicted octanol–water partition coefficient (Wildman–Crippen LogP) is 1.25. The van der Waals surface area contributed by atoms with Gasteiger partial charge in [-0.1, -0.05) is 12.1 Å². The fraction of sp³-hybridized carbons (Fsp3) is 0.500. The van der Waals surface area contributed by atoms with Crippen molar-refractivity contribution in [1.29, 1.82) is 0 Å². The van der Waals surface area contributed by atoms with E-state index in [1.807, 2.05) is 12.1 Å². The van der Waals surface area contributed by atoms with Crippen molar-refractivity contribution in [1.82, 2.24) is 5.32 Å². The molecule has 1 fully saturated rings. The molecule has 18 heavy (non-hydrogen) atoms. The predicted molar refractivity (Wildman–Crippen MR) is 73.4 cm³/mol. The van der Waals surface area contributed by atoms with E-state index >= 15 is 0 Å². The highest BCUT2D eigenvalue weighted by Crippen LogP contribution is 2.25. The lowest BCUT2D eigenvalue weighted by Crippen LogP contribution is -2.48. The normalized spacial score (nSPS) is 19.7. The van der Waals surface area contributed by atoms with Gasteiger partial charge in [-0.15, -0.1) is 0 Å². The molecule has 1 heterocycles. The van der Waals surface area contributed by atoms with Crippen LogP contribution in [-0.2, 0) is 11.3 Å². The summed E-state index contributed by atoms with van der Waals surface area (Å²) in [6.07, 6.45) is 3.19. The molecule has 4 nitrogen and oxygen atoms in total. The number of piperidine rings is 1. The van der Waals surface area contributed by atoms with Gasteiger partial charge in [0.05, 0.1) is 0 Å². The Morgan fingerprint density at radius 3 is 2.72 bits per heavy atom. The third-order valence-corrected chi connectivity index (χ3v) is 3.56. The van der Waals surface area contributed by atoms with Crippen molar-refractivity contribution in [2.24, 2.45) is 5.73 Å². The summed E-state index contributed by atoms with van der Waals surface area (Å²) >= 11 is 0. The standard InChI is InChI=1S/C14H21N3O/c1-16-14(18)13-4-2-3-9-17(13)12-7-5-11(10-15)6-8-12/h5-8,13H,2-4,9-10,15H2,1H3,(H,16,18). The van der Waals surface area contributed by atoms with Crippen LogP contribution in [-0.4, -0.2) is 25.5 Å². The summed E-state index contributed by atoms with van der Waals surface area (Å²) in [5, 5.41) is 2.76. The molecule has 1 unspecified atom stereocenters. The second-order valence-electron chi connectivity index (χ2n) is 4.69. The van der Waals surface area contributed by atoms with E-state index in [4.69, 9.17) is 5.73 Å². The lowest BCUT2D eigenvalue weighted by atomic mass is 10.00. The van der Waals surface area contributed by atoms with Gasteiger partial charge in [0.2, 0.25) is 5.91 Å². The summed E-state index contributed by atoms with van der Waals surface area (Å²) in [5.41, 5.74) is 7.83. The molecule has 1 saturated heterocycles. The van der Waals surface area contributed by atoms with Gasteiger partial charge in [-0.3, -0.25) is 4.79 Å². The molecule has 98 valence electrons. The van der Waals surface area contributed by atoms with Crippen LogP contribution in [0.4, 0.5) is 5.69 Å². The fourth-order valence-electron chi connectivity index (χ4n) is 2.50. The maximum atomic E-state index is 11.9. The summed E-state index contributed by atoms with van der Waals surface area (Å²) < 4.78 is 0. The number of amides is 1.